The number of hydrogen-bond acceptors (Lipinski definition) is 0. The van der Waals surface area contributed by atoms with E-state index >= 15 is 0 Å². The summed E-state index contributed by atoms with van der Waals surface area (Å²) in [7, 11) is 0. The van der Waals surface area contributed by atoms with Crippen LogP contribution < -0.4 is 0 Å². The minimum atomic E-state index is 0. The first-order valence-corrected chi connectivity index (χ1v) is 0. The average Bonchev–Trinajstić information content (AvgIpc) is 0. The first-order chi connectivity index (χ1) is 0. The Kier molecular flexibility index (Phi) is 226. The Morgan fingerprint density at radius 1 is 1.00 bits per heavy atom. The summed E-state index contributed by atoms with van der Waals surface area (Å²) in [6.07, 6.45) is 0. The van der Waals surface area contributed by atoms with Crippen molar-refractivity contribution in [2.75, 3.05) is 0 Å². The molecule has 0 saturated heterocycles. The molecule has 2 radical (unpaired) electrons. The first-order valence-electron chi connectivity index (χ1n) is 0. The van der Waals surface area contributed by atoms with Crippen LogP contribution in [0.5, 0.6) is 0 Å². The van der Waals surface area contributed by atoms with Gasteiger partial charge in [-0.25, -0.2) is 0 Å². The van der Waals surface area contributed by atoms with E-state index in [-0.39, 0.29) is 62.2 Å². The fourth-order valence-electron chi connectivity index (χ4n) is 0. The van der Waals surface area contributed by atoms with Crippen molar-refractivity contribution in [2.45, 2.75) is 0 Å². The Labute approximate surface area is 61.9 Å². The van der Waals surface area contributed by atoms with Crippen molar-refractivity contribution in [1.29, 1.82) is 0 Å². The molecule has 0 bridgehead atoms. The van der Waals surface area contributed by atoms with Crippen LogP contribution in [0.15, 0.2) is 0 Å². The topological polar surface area (TPSA) is 0 Å². The second-order valence-electron chi connectivity index (χ2n) is 0. The van der Waals surface area contributed by atoms with E-state index in [0.29, 0.717) is 0 Å². The molecule has 0 aliphatic heterocycles. The van der Waals surface area contributed by atoms with Crippen molar-refractivity contribution in [3.8, 4) is 0 Å². The molecule has 0 unspecified atom stereocenters. The van der Waals surface area contributed by atoms with Crippen LogP contribution in [-0.2, 0) is 33.9 Å². The molecular weight excluding hydrogens is 166 g/mol. The van der Waals surface area contributed by atoms with E-state index in [4.69, 9.17) is 0 Å². The summed E-state index contributed by atoms with van der Waals surface area (Å²) in [4.78, 5) is 0. The second kappa shape index (κ2) is 21.6. The molecule has 0 aromatic rings. The fourth-order valence-corrected chi connectivity index (χ4v) is 0. The van der Waals surface area contributed by atoms with E-state index < -0.39 is 0 Å². The summed E-state index contributed by atoms with van der Waals surface area (Å²) in [5, 5.41) is 0. The van der Waals surface area contributed by atoms with Crippen molar-refractivity contribution >= 4 is 28.3 Å². The maximum Gasteiger partial charge on any atom is 0.146 e. The van der Waals surface area contributed by atoms with Gasteiger partial charge in [0.2, 0.25) is 0 Å². The Morgan fingerprint density at radius 3 is 1.00 bits per heavy atom. The Bertz CT molecular complexity index is 8.00. The van der Waals surface area contributed by atoms with Crippen LogP contribution in [0.1, 0.15) is 0 Å². The summed E-state index contributed by atoms with van der Waals surface area (Å²) in [5.74, 6) is 0. The van der Waals surface area contributed by atoms with Gasteiger partial charge in [-0.15, -0.1) is 0 Å². The van der Waals surface area contributed by atoms with Crippen LogP contribution in [0.25, 0.3) is 0 Å². The molecule has 0 heterocycles. The SMILES string of the molecule is [AlH2].[Cr].[Ni].[SiH3]. The normalized spacial score (nSPS) is 0. The summed E-state index contributed by atoms with van der Waals surface area (Å²) < 4.78 is 0. The van der Waals surface area contributed by atoms with Gasteiger partial charge in [-0.1, -0.05) is 0 Å². The molecule has 0 aromatic carbocycles. The minimum absolute atomic E-state index is 0. The summed E-state index contributed by atoms with van der Waals surface area (Å²) in [6, 6.07) is 0. The summed E-state index contributed by atoms with van der Waals surface area (Å²) in [6.45, 7) is 0. The Hall–Kier alpha value is 1.78. The molecule has 4 heteroatoms. The van der Waals surface area contributed by atoms with Gasteiger partial charge in [-0.05, 0) is 11.0 Å². The quantitative estimate of drug-likeness (QED) is 0.366. The van der Waals surface area contributed by atoms with Gasteiger partial charge >= 0.3 is 0 Å². The predicted octanol–water partition coefficient (Wildman–Crippen LogP) is -2.11. The molecule has 0 aliphatic carbocycles. The monoisotopic (exact) mass is 170 g/mol. The van der Waals surface area contributed by atoms with Crippen LogP contribution in [0.2, 0.25) is 0 Å². The van der Waals surface area contributed by atoms with E-state index in [1.165, 1.54) is 0 Å². The van der Waals surface area contributed by atoms with Gasteiger partial charge in [-0.2, -0.15) is 0 Å². The zero-order chi connectivity index (χ0) is 0. The van der Waals surface area contributed by atoms with Gasteiger partial charge in [0.05, 0.1) is 0 Å². The molecule has 0 nitrogen and oxygen atoms in total. The smallest absolute Gasteiger partial charge is 0.0125 e. The molecule has 0 atom stereocenters. The molecule has 0 saturated carbocycles. The largest absolute Gasteiger partial charge is 0.146 e. The van der Waals surface area contributed by atoms with Crippen LogP contribution in [0.4, 0.5) is 0 Å². The summed E-state index contributed by atoms with van der Waals surface area (Å²) >= 11 is 0. The predicted molar refractivity (Wildman–Crippen MR) is 18.5 cm³/mol. The van der Waals surface area contributed by atoms with E-state index in [9.17, 15) is 0 Å². The third-order valence-electron chi connectivity index (χ3n) is 0. The van der Waals surface area contributed by atoms with Gasteiger partial charge in [0, 0.05) is 33.9 Å². The molecular formula is H5AlCrNiSi. The van der Waals surface area contributed by atoms with Gasteiger partial charge in [0.25, 0.3) is 0 Å². The van der Waals surface area contributed by atoms with Gasteiger partial charge in [0.15, 0.2) is 0 Å². The Morgan fingerprint density at radius 2 is 1.00 bits per heavy atom. The van der Waals surface area contributed by atoms with Crippen LogP contribution in [0, 0.1) is 0 Å². The molecule has 0 spiro atoms. The van der Waals surface area contributed by atoms with Crippen molar-refractivity contribution in [2.24, 2.45) is 0 Å². The third-order valence-corrected chi connectivity index (χ3v) is 0. The third kappa shape index (κ3) is 9.23. The van der Waals surface area contributed by atoms with E-state index in [1.807, 2.05) is 0 Å². The molecule has 0 amide bonds. The molecule has 28 valence electrons. The molecule has 4 heavy (non-hydrogen) atoms. The molecule has 0 rings (SSSR count). The second-order valence-corrected chi connectivity index (χ2v) is 0. The van der Waals surface area contributed by atoms with E-state index in [1.54, 1.807) is 0 Å². The standard InChI is InChI=1S/Al.Cr.Ni.H3Si.2H/h;;;1H3;;. The van der Waals surface area contributed by atoms with Crippen molar-refractivity contribution < 1.29 is 33.9 Å². The maximum atomic E-state index is 0. The van der Waals surface area contributed by atoms with Crippen molar-refractivity contribution in [1.82, 2.24) is 0 Å². The zero-order valence-electron chi connectivity index (χ0n) is 2.72. The molecule has 0 fully saturated rings. The van der Waals surface area contributed by atoms with Crippen LogP contribution in [0.3, 0.4) is 0 Å². The maximum absolute atomic E-state index is 0. The first kappa shape index (κ1) is 41.8. The van der Waals surface area contributed by atoms with Crippen molar-refractivity contribution in [3.63, 3.8) is 0 Å². The molecule has 0 aliphatic rings. The van der Waals surface area contributed by atoms with Gasteiger partial charge < -0.3 is 0 Å². The molecule has 0 aromatic heterocycles. The van der Waals surface area contributed by atoms with Crippen molar-refractivity contribution in [3.05, 3.63) is 0 Å². The molecule has 0 N–H and O–H groups in total. The number of rotatable bonds is 0. The average molecular weight is 171 g/mol. The fraction of sp³-hybridized carbons (Fsp3) is 0. The van der Waals surface area contributed by atoms with Crippen LogP contribution >= 0.6 is 0 Å². The van der Waals surface area contributed by atoms with Gasteiger partial charge in [-0.3, -0.25) is 0 Å². The van der Waals surface area contributed by atoms with Crippen LogP contribution in [-0.4, -0.2) is 28.3 Å². The summed E-state index contributed by atoms with van der Waals surface area (Å²) in [5.41, 5.74) is 0. The minimum Gasteiger partial charge on any atom is -0.0125 e. The van der Waals surface area contributed by atoms with E-state index in [2.05, 4.69) is 0 Å². The zero-order valence-corrected chi connectivity index (χ0v) is 8.99. The van der Waals surface area contributed by atoms with E-state index in [0.717, 1.165) is 0 Å². The van der Waals surface area contributed by atoms with Gasteiger partial charge in [0.1, 0.15) is 17.4 Å². The Balaban J connectivity index is 0. The number of hydrogen-bond donors (Lipinski definition) is 0.